The number of halogens is 9. The van der Waals surface area contributed by atoms with Crippen LogP contribution < -0.4 is 4.57 Å². The van der Waals surface area contributed by atoms with E-state index >= 15 is 0 Å². The van der Waals surface area contributed by atoms with Gasteiger partial charge in [-0.05, 0) is 25.7 Å². The van der Waals surface area contributed by atoms with Crippen LogP contribution in [0.4, 0.5) is 39.5 Å². The van der Waals surface area contributed by atoms with Gasteiger partial charge in [0.2, 0.25) is 6.33 Å². The minimum atomic E-state index is -7.43. The topological polar surface area (TPSA) is 66.0 Å². The highest BCUT2D eigenvalue weighted by Crippen LogP contribution is 2.54. The maximum Gasteiger partial charge on any atom is 0.460 e. The fourth-order valence-corrected chi connectivity index (χ4v) is 3.28. The van der Waals surface area contributed by atoms with E-state index in [1.165, 1.54) is 70.9 Å². The Balaban J connectivity index is 0.000000662. The zero-order valence-corrected chi connectivity index (χ0v) is 20.3. The lowest BCUT2D eigenvalue weighted by molar-refractivity contribution is -0.696. The minimum absolute atomic E-state index is 1.18. The molecule has 1 rings (SSSR count). The van der Waals surface area contributed by atoms with E-state index in [9.17, 15) is 52.5 Å². The lowest BCUT2D eigenvalue weighted by Crippen LogP contribution is -2.63. The van der Waals surface area contributed by atoms with Gasteiger partial charge in [-0.3, -0.25) is 0 Å². The van der Waals surface area contributed by atoms with E-state index < -0.39 is 33.4 Å². The fraction of sp³-hybridized carbons (Fsp3) is 0.850. The van der Waals surface area contributed by atoms with E-state index in [1.807, 2.05) is 0 Å². The molecule has 0 bridgehead atoms. The molecule has 0 spiro atoms. The molecular formula is C20H31F9N2O3S. The van der Waals surface area contributed by atoms with Gasteiger partial charge in [-0.25, -0.2) is 17.6 Å². The predicted octanol–water partition coefficient (Wildman–Crippen LogP) is 6.28. The van der Waals surface area contributed by atoms with Crippen molar-refractivity contribution in [2.24, 2.45) is 0 Å². The molecule has 1 aromatic heterocycles. The van der Waals surface area contributed by atoms with Crippen molar-refractivity contribution < 1.29 is 57.1 Å². The Morgan fingerprint density at radius 1 is 0.771 bits per heavy atom. The number of hydrogen-bond donors (Lipinski definition) is 0. The Kier molecular flexibility index (Phi) is 13.1. The van der Waals surface area contributed by atoms with Gasteiger partial charge in [0, 0.05) is 0 Å². The molecule has 1 aromatic rings. The Hall–Kier alpha value is -1.51. The molecule has 0 amide bonds. The van der Waals surface area contributed by atoms with E-state index in [1.54, 1.807) is 0 Å². The van der Waals surface area contributed by atoms with Crippen molar-refractivity contribution in [1.82, 2.24) is 4.57 Å². The highest BCUT2D eigenvalue weighted by atomic mass is 32.2. The second-order valence-corrected chi connectivity index (χ2v) is 9.40. The Bertz CT molecular complexity index is 841. The monoisotopic (exact) mass is 550 g/mol. The first-order valence-electron chi connectivity index (χ1n) is 11.1. The molecule has 0 aliphatic heterocycles. The summed E-state index contributed by atoms with van der Waals surface area (Å²) in [5.41, 5.74) is 0. The van der Waals surface area contributed by atoms with Gasteiger partial charge in [0.1, 0.15) is 12.4 Å². The molecule has 0 unspecified atom stereocenters. The smallest absolute Gasteiger partial charge is 0.460 e. The predicted molar refractivity (Wildman–Crippen MR) is 108 cm³/mol. The van der Waals surface area contributed by atoms with Crippen LogP contribution in [0, 0.1) is 0 Å². The molecule has 0 fully saturated rings. The molecule has 15 heteroatoms. The number of aromatic nitrogens is 2. The summed E-state index contributed by atoms with van der Waals surface area (Å²) in [5.74, 6) is -14.8. The molecule has 5 nitrogen and oxygen atoms in total. The molecule has 1 heterocycles. The van der Waals surface area contributed by atoms with Crippen LogP contribution in [0.1, 0.15) is 71.6 Å². The third-order valence-corrected chi connectivity index (χ3v) is 5.85. The zero-order valence-electron chi connectivity index (χ0n) is 19.4. The van der Waals surface area contributed by atoms with Crippen LogP contribution in [0.2, 0.25) is 0 Å². The molecule has 0 aromatic carbocycles. The molecule has 0 atom stereocenters. The van der Waals surface area contributed by atoms with Crippen LogP contribution in [-0.2, 0) is 23.2 Å². The van der Waals surface area contributed by atoms with Crippen LogP contribution in [-0.4, -0.2) is 40.8 Å². The van der Waals surface area contributed by atoms with E-state index in [2.05, 4.69) is 41.7 Å². The quantitative estimate of drug-likeness (QED) is 0.119. The minimum Gasteiger partial charge on any atom is -0.743 e. The lowest BCUT2D eigenvalue weighted by atomic mass is 10.1. The molecule has 0 aliphatic carbocycles. The second-order valence-electron chi connectivity index (χ2n) is 7.98. The summed E-state index contributed by atoms with van der Waals surface area (Å²) in [6.07, 6.45) is 11.8. The first kappa shape index (κ1) is 33.5. The molecule has 0 saturated heterocycles. The second kappa shape index (κ2) is 13.7. The summed E-state index contributed by atoms with van der Waals surface area (Å²) in [4.78, 5) is 0. The number of aryl methyl sites for hydroxylation is 2. The average Bonchev–Trinajstić information content (AvgIpc) is 3.17. The summed E-state index contributed by atoms with van der Waals surface area (Å²) in [7, 11) is -7.42. The van der Waals surface area contributed by atoms with Gasteiger partial charge < -0.3 is 4.55 Å². The standard InChI is InChI=1S/C16H31N2.C4HF9O3S/c1-3-5-7-9-11-13-18-15-14-17(16-18)12-10-8-6-4-2;5-1(6,3(9,10)11)2(7,8)4(12,13)17(14,15)16/h14-16H,3-13H2,1-2H3;(H,14,15,16)/q+1;/p-1. The van der Waals surface area contributed by atoms with Crippen molar-refractivity contribution in [2.75, 3.05) is 0 Å². The van der Waals surface area contributed by atoms with E-state index in [0.29, 0.717) is 0 Å². The van der Waals surface area contributed by atoms with E-state index in [4.69, 9.17) is 0 Å². The van der Waals surface area contributed by atoms with Crippen LogP contribution in [0.3, 0.4) is 0 Å². The van der Waals surface area contributed by atoms with Gasteiger partial charge in [0.05, 0.1) is 13.1 Å². The first-order valence-corrected chi connectivity index (χ1v) is 12.5. The average molecular weight is 551 g/mol. The molecule has 0 aliphatic rings. The van der Waals surface area contributed by atoms with Crippen LogP contribution in [0.15, 0.2) is 18.7 Å². The third kappa shape index (κ3) is 9.47. The Morgan fingerprint density at radius 2 is 1.26 bits per heavy atom. The van der Waals surface area contributed by atoms with Crippen molar-refractivity contribution >= 4 is 10.1 Å². The van der Waals surface area contributed by atoms with Gasteiger partial charge in [0.15, 0.2) is 10.1 Å². The maximum atomic E-state index is 12.2. The molecule has 0 N–H and O–H groups in total. The van der Waals surface area contributed by atoms with Crippen molar-refractivity contribution in [2.45, 2.75) is 108 Å². The summed E-state index contributed by atoms with van der Waals surface area (Å²) < 4.78 is 140. The number of unbranched alkanes of at least 4 members (excludes halogenated alkanes) is 7. The first-order chi connectivity index (χ1) is 15.9. The van der Waals surface area contributed by atoms with E-state index in [0.717, 1.165) is 0 Å². The SMILES string of the molecule is CCCCCCC[n+]1ccn(CCCCCC)c1.O=S(=O)([O-])C(F)(F)C(F)(F)C(F)(F)C(F)(F)F. The molecule has 0 saturated carbocycles. The Morgan fingerprint density at radius 3 is 1.71 bits per heavy atom. The third-order valence-electron chi connectivity index (χ3n) is 4.97. The highest BCUT2D eigenvalue weighted by Gasteiger charge is 2.83. The fourth-order valence-electron chi connectivity index (χ4n) is 2.84. The van der Waals surface area contributed by atoms with Crippen LogP contribution in [0.25, 0.3) is 0 Å². The normalized spacial score (nSPS) is 13.5. The number of rotatable bonds is 14. The summed E-state index contributed by atoms with van der Waals surface area (Å²) in [6.45, 7) is 6.91. The maximum absolute atomic E-state index is 12.2. The van der Waals surface area contributed by atoms with Crippen molar-refractivity contribution in [1.29, 1.82) is 0 Å². The number of alkyl halides is 9. The lowest BCUT2D eigenvalue weighted by Gasteiger charge is -2.34. The van der Waals surface area contributed by atoms with Gasteiger partial charge in [-0.2, -0.15) is 39.5 Å². The number of imidazole rings is 1. The number of nitrogens with zero attached hydrogens (tertiary/aromatic N) is 2. The number of hydrogen-bond acceptors (Lipinski definition) is 3. The summed E-state index contributed by atoms with van der Waals surface area (Å²) in [5, 5.41) is -7.11. The van der Waals surface area contributed by atoms with Crippen LogP contribution >= 0.6 is 0 Å². The summed E-state index contributed by atoms with van der Waals surface area (Å²) >= 11 is 0. The molecule has 0 radical (unpaired) electrons. The van der Waals surface area contributed by atoms with E-state index in [-0.39, 0.29) is 0 Å². The molecule has 35 heavy (non-hydrogen) atoms. The molecular weight excluding hydrogens is 519 g/mol. The van der Waals surface area contributed by atoms with Crippen LogP contribution in [0.5, 0.6) is 0 Å². The van der Waals surface area contributed by atoms with Gasteiger partial charge >= 0.3 is 23.3 Å². The van der Waals surface area contributed by atoms with Crippen molar-refractivity contribution in [3.8, 4) is 0 Å². The van der Waals surface area contributed by atoms with Gasteiger partial charge in [0.25, 0.3) is 0 Å². The molecule has 208 valence electrons. The summed E-state index contributed by atoms with van der Waals surface area (Å²) in [6, 6.07) is 0. The highest BCUT2D eigenvalue weighted by molar-refractivity contribution is 7.86. The Labute approximate surface area is 199 Å². The zero-order chi connectivity index (χ0) is 27.6. The van der Waals surface area contributed by atoms with Crippen molar-refractivity contribution in [3.63, 3.8) is 0 Å². The largest absolute Gasteiger partial charge is 0.743 e. The van der Waals surface area contributed by atoms with Crippen molar-refractivity contribution in [3.05, 3.63) is 18.7 Å². The van der Waals surface area contributed by atoms with Gasteiger partial charge in [-0.15, -0.1) is 0 Å². The van der Waals surface area contributed by atoms with Gasteiger partial charge in [-0.1, -0.05) is 46.0 Å².